The average molecular weight is 412 g/mol. The molecule has 0 amide bonds. The summed E-state index contributed by atoms with van der Waals surface area (Å²) in [5.41, 5.74) is 1.35. The number of carbonyl (C=O) groups excluding carboxylic acids is 2. The molecule has 0 fully saturated rings. The zero-order valence-electron chi connectivity index (χ0n) is 17.7. The fourth-order valence-electron chi connectivity index (χ4n) is 2.77. The summed E-state index contributed by atoms with van der Waals surface area (Å²) in [6, 6.07) is 14.4. The Morgan fingerprint density at radius 3 is 1.60 bits per heavy atom. The summed E-state index contributed by atoms with van der Waals surface area (Å²) in [7, 11) is 0. The molecule has 2 aromatic rings. The lowest BCUT2D eigenvalue weighted by Crippen LogP contribution is -2.37. The maximum atomic E-state index is 11.9. The second kappa shape index (κ2) is 11.0. The normalized spacial score (nSPS) is 10.8. The van der Waals surface area contributed by atoms with Crippen molar-refractivity contribution in [2.75, 3.05) is 13.2 Å². The first-order chi connectivity index (χ1) is 14.4. The molecule has 0 spiro atoms. The van der Waals surface area contributed by atoms with Gasteiger partial charge in [-0.2, -0.15) is 0 Å². The molecule has 0 radical (unpaired) electrons. The standard InChI is InChI=1S/C24H28O6/c1-5-24(4,29-20-14-10-8-12-18(20)16-22(25)27-6-2)30-21-15-11-9-13-19(21)17-23(26)28-7-3/h5,8-15H,1,6-7,16-17H2,2-4H3. The summed E-state index contributed by atoms with van der Waals surface area (Å²) in [5, 5.41) is 0. The van der Waals surface area contributed by atoms with Crippen molar-refractivity contribution in [2.45, 2.75) is 39.4 Å². The van der Waals surface area contributed by atoms with Gasteiger partial charge in [0.15, 0.2) is 0 Å². The van der Waals surface area contributed by atoms with Gasteiger partial charge < -0.3 is 18.9 Å². The van der Waals surface area contributed by atoms with Crippen LogP contribution in [-0.2, 0) is 31.9 Å². The van der Waals surface area contributed by atoms with Crippen molar-refractivity contribution in [3.63, 3.8) is 0 Å². The van der Waals surface area contributed by atoms with Gasteiger partial charge >= 0.3 is 11.9 Å². The van der Waals surface area contributed by atoms with Gasteiger partial charge in [-0.25, -0.2) is 0 Å². The van der Waals surface area contributed by atoms with E-state index in [0.717, 1.165) is 0 Å². The number of hydrogen-bond donors (Lipinski definition) is 0. The van der Waals surface area contributed by atoms with Crippen molar-refractivity contribution < 1.29 is 28.5 Å². The Balaban J connectivity index is 2.23. The molecule has 0 aliphatic carbocycles. The van der Waals surface area contributed by atoms with Crippen LogP contribution in [0.2, 0.25) is 0 Å². The van der Waals surface area contributed by atoms with E-state index in [1.54, 1.807) is 45.0 Å². The van der Waals surface area contributed by atoms with Gasteiger partial charge in [-0.1, -0.05) is 43.0 Å². The summed E-state index contributed by atoms with van der Waals surface area (Å²) < 4.78 is 22.3. The third-order valence-electron chi connectivity index (χ3n) is 4.22. The van der Waals surface area contributed by atoms with Crippen LogP contribution in [0.4, 0.5) is 0 Å². The van der Waals surface area contributed by atoms with Crippen LogP contribution in [0.1, 0.15) is 31.9 Å². The molecule has 0 aliphatic rings. The zero-order valence-corrected chi connectivity index (χ0v) is 17.7. The molecule has 6 heteroatoms. The van der Waals surface area contributed by atoms with Gasteiger partial charge in [-0.15, -0.1) is 0 Å². The summed E-state index contributed by atoms with van der Waals surface area (Å²) in [4.78, 5) is 23.8. The maximum Gasteiger partial charge on any atom is 0.310 e. The van der Waals surface area contributed by atoms with E-state index in [1.807, 2.05) is 24.3 Å². The van der Waals surface area contributed by atoms with Crippen LogP contribution < -0.4 is 9.47 Å². The number of ether oxygens (including phenoxy) is 4. The van der Waals surface area contributed by atoms with Crippen LogP contribution in [0.3, 0.4) is 0 Å². The Morgan fingerprint density at radius 1 is 0.833 bits per heavy atom. The van der Waals surface area contributed by atoms with Gasteiger partial charge in [0.2, 0.25) is 0 Å². The highest BCUT2D eigenvalue weighted by atomic mass is 16.7. The second-order valence-corrected chi connectivity index (χ2v) is 6.60. The maximum absolute atomic E-state index is 11.9. The third kappa shape index (κ3) is 6.65. The number of esters is 2. The first-order valence-corrected chi connectivity index (χ1v) is 9.89. The van der Waals surface area contributed by atoms with Gasteiger partial charge in [0, 0.05) is 18.1 Å². The SMILES string of the molecule is C=CC(C)(Oc1ccccc1CC(=O)OCC)Oc1ccccc1CC(=O)OCC. The van der Waals surface area contributed by atoms with E-state index in [0.29, 0.717) is 35.8 Å². The molecule has 0 bridgehead atoms. The lowest BCUT2D eigenvalue weighted by molar-refractivity contribution is -0.143. The highest BCUT2D eigenvalue weighted by Gasteiger charge is 2.27. The molecule has 0 N–H and O–H groups in total. The summed E-state index contributed by atoms with van der Waals surface area (Å²) in [6.45, 7) is 9.69. The Kier molecular flexibility index (Phi) is 8.47. The molecule has 0 saturated heterocycles. The van der Waals surface area contributed by atoms with Gasteiger partial charge in [-0.3, -0.25) is 9.59 Å². The van der Waals surface area contributed by atoms with Crippen LogP contribution >= 0.6 is 0 Å². The van der Waals surface area contributed by atoms with Crippen molar-refractivity contribution in [2.24, 2.45) is 0 Å². The van der Waals surface area contributed by atoms with E-state index in [4.69, 9.17) is 18.9 Å². The molecule has 160 valence electrons. The molecule has 2 rings (SSSR count). The monoisotopic (exact) mass is 412 g/mol. The van der Waals surface area contributed by atoms with Crippen LogP contribution in [0, 0.1) is 0 Å². The first-order valence-electron chi connectivity index (χ1n) is 9.89. The molecule has 0 aromatic heterocycles. The Labute approximate surface area is 177 Å². The van der Waals surface area contributed by atoms with E-state index in [1.165, 1.54) is 6.08 Å². The van der Waals surface area contributed by atoms with Crippen molar-refractivity contribution in [1.82, 2.24) is 0 Å². The largest absolute Gasteiger partial charge is 0.466 e. The van der Waals surface area contributed by atoms with Crippen molar-refractivity contribution in [3.8, 4) is 11.5 Å². The van der Waals surface area contributed by atoms with E-state index < -0.39 is 5.79 Å². The molecule has 0 heterocycles. The van der Waals surface area contributed by atoms with E-state index in [-0.39, 0.29) is 24.8 Å². The molecule has 0 unspecified atom stereocenters. The summed E-state index contributed by atoms with van der Waals surface area (Å²) in [5.74, 6) is -0.953. The number of hydrogen-bond acceptors (Lipinski definition) is 6. The minimum absolute atomic E-state index is 0.0800. The Hall–Kier alpha value is -3.28. The molecule has 0 saturated carbocycles. The molecular formula is C24H28O6. The van der Waals surface area contributed by atoms with Crippen molar-refractivity contribution >= 4 is 11.9 Å². The van der Waals surface area contributed by atoms with Gasteiger partial charge in [0.25, 0.3) is 5.79 Å². The van der Waals surface area contributed by atoms with Crippen LogP contribution in [0.5, 0.6) is 11.5 Å². The lowest BCUT2D eigenvalue weighted by atomic mass is 10.1. The predicted octanol–water partition coefficient (Wildman–Crippen LogP) is 4.26. The number of benzene rings is 2. The third-order valence-corrected chi connectivity index (χ3v) is 4.22. The van der Waals surface area contributed by atoms with Gasteiger partial charge in [-0.05, 0) is 32.1 Å². The molecular weight excluding hydrogens is 384 g/mol. The fraction of sp³-hybridized carbons (Fsp3) is 0.333. The highest BCUT2D eigenvalue weighted by Crippen LogP contribution is 2.29. The minimum Gasteiger partial charge on any atom is -0.466 e. The molecule has 0 aliphatic heterocycles. The summed E-state index contributed by atoms with van der Waals surface area (Å²) >= 11 is 0. The second-order valence-electron chi connectivity index (χ2n) is 6.60. The van der Waals surface area contributed by atoms with Crippen LogP contribution in [-0.4, -0.2) is 30.9 Å². The minimum atomic E-state index is -1.24. The number of carbonyl (C=O) groups is 2. The van der Waals surface area contributed by atoms with E-state index in [2.05, 4.69) is 6.58 Å². The smallest absolute Gasteiger partial charge is 0.310 e. The molecule has 6 nitrogen and oxygen atoms in total. The lowest BCUT2D eigenvalue weighted by Gasteiger charge is -2.30. The van der Waals surface area contributed by atoms with Crippen LogP contribution in [0.25, 0.3) is 0 Å². The Morgan fingerprint density at radius 2 is 1.23 bits per heavy atom. The highest BCUT2D eigenvalue weighted by molar-refractivity contribution is 5.74. The summed E-state index contributed by atoms with van der Waals surface area (Å²) in [6.07, 6.45) is 1.68. The first kappa shape index (κ1) is 23.0. The van der Waals surface area contributed by atoms with Gasteiger partial charge in [0.05, 0.1) is 26.1 Å². The van der Waals surface area contributed by atoms with Crippen molar-refractivity contribution in [3.05, 3.63) is 72.3 Å². The molecule has 0 atom stereocenters. The zero-order chi connectivity index (χ0) is 22.0. The average Bonchev–Trinajstić information content (AvgIpc) is 2.71. The number of rotatable bonds is 11. The molecule has 30 heavy (non-hydrogen) atoms. The van der Waals surface area contributed by atoms with Crippen molar-refractivity contribution in [1.29, 1.82) is 0 Å². The number of para-hydroxylation sites is 2. The van der Waals surface area contributed by atoms with Crippen LogP contribution in [0.15, 0.2) is 61.2 Å². The predicted molar refractivity (Wildman–Crippen MR) is 113 cm³/mol. The topological polar surface area (TPSA) is 71.1 Å². The Bertz CT molecular complexity index is 808. The fourth-order valence-corrected chi connectivity index (χ4v) is 2.77. The molecule has 2 aromatic carbocycles. The van der Waals surface area contributed by atoms with Gasteiger partial charge in [0.1, 0.15) is 11.5 Å². The quantitative estimate of drug-likeness (QED) is 0.312. The van der Waals surface area contributed by atoms with E-state index in [9.17, 15) is 9.59 Å². The van der Waals surface area contributed by atoms with E-state index >= 15 is 0 Å².